The predicted molar refractivity (Wildman–Crippen MR) is 57.3 cm³/mol. The normalized spacial score (nSPS) is 21.8. The zero-order chi connectivity index (χ0) is 10.9. The maximum absolute atomic E-state index is 6.05. The quantitative estimate of drug-likeness (QED) is 0.829. The fourth-order valence-corrected chi connectivity index (χ4v) is 1.97. The van der Waals surface area contributed by atoms with Crippen molar-refractivity contribution in [2.75, 3.05) is 0 Å². The van der Waals surface area contributed by atoms with Crippen molar-refractivity contribution >= 4 is 0 Å². The van der Waals surface area contributed by atoms with E-state index in [2.05, 4.69) is 10.1 Å². The van der Waals surface area contributed by atoms with E-state index < -0.39 is 5.54 Å². The van der Waals surface area contributed by atoms with Gasteiger partial charge in [0.05, 0.1) is 5.54 Å². The summed E-state index contributed by atoms with van der Waals surface area (Å²) in [6.45, 7) is 3.96. The van der Waals surface area contributed by atoms with Crippen LogP contribution in [0.3, 0.4) is 0 Å². The van der Waals surface area contributed by atoms with Gasteiger partial charge in [0.25, 0.3) is 0 Å². The van der Waals surface area contributed by atoms with Crippen molar-refractivity contribution < 1.29 is 4.52 Å². The molecule has 0 bridgehead atoms. The van der Waals surface area contributed by atoms with Gasteiger partial charge in [0.1, 0.15) is 0 Å². The Morgan fingerprint density at radius 1 is 1.47 bits per heavy atom. The van der Waals surface area contributed by atoms with Crippen LogP contribution in [0, 0.1) is 0 Å². The molecule has 1 saturated carbocycles. The molecule has 0 spiro atoms. The molecule has 1 fully saturated rings. The fourth-order valence-electron chi connectivity index (χ4n) is 1.97. The summed E-state index contributed by atoms with van der Waals surface area (Å²) < 4.78 is 5.25. The number of rotatable bonds is 3. The number of hydrogen-bond acceptors (Lipinski definition) is 4. The summed E-state index contributed by atoms with van der Waals surface area (Å²) in [6, 6.07) is 0. The van der Waals surface area contributed by atoms with Crippen molar-refractivity contribution in [1.82, 2.24) is 10.1 Å². The molecule has 1 aromatic heterocycles. The fraction of sp³-hybridized carbons (Fsp3) is 0.818. The Bertz CT molecular complexity index is 326. The molecule has 0 aliphatic heterocycles. The third kappa shape index (κ3) is 2.04. The van der Waals surface area contributed by atoms with E-state index in [1.807, 2.05) is 13.8 Å². The summed E-state index contributed by atoms with van der Waals surface area (Å²) in [6.07, 6.45) is 5.74. The zero-order valence-electron chi connectivity index (χ0n) is 9.49. The molecule has 1 aliphatic rings. The van der Waals surface area contributed by atoms with Crippen LogP contribution in [0.1, 0.15) is 63.6 Å². The molecule has 1 atom stereocenters. The second-order valence-electron chi connectivity index (χ2n) is 4.71. The highest BCUT2D eigenvalue weighted by Gasteiger charge is 2.29. The Labute approximate surface area is 90.2 Å². The molecule has 1 aliphatic carbocycles. The minimum absolute atomic E-state index is 0.482. The van der Waals surface area contributed by atoms with Gasteiger partial charge in [0.2, 0.25) is 5.89 Å². The predicted octanol–water partition coefficient (Wildman–Crippen LogP) is 2.31. The van der Waals surface area contributed by atoms with Crippen LogP contribution < -0.4 is 5.73 Å². The topological polar surface area (TPSA) is 64.9 Å². The molecule has 0 saturated heterocycles. The van der Waals surface area contributed by atoms with Crippen molar-refractivity contribution in [3.8, 4) is 0 Å². The molecule has 15 heavy (non-hydrogen) atoms. The van der Waals surface area contributed by atoms with E-state index >= 15 is 0 Å². The Morgan fingerprint density at radius 2 is 2.13 bits per heavy atom. The lowest BCUT2D eigenvalue weighted by Crippen LogP contribution is -2.32. The molecule has 1 heterocycles. The first-order chi connectivity index (χ1) is 7.13. The molecule has 1 aromatic rings. The van der Waals surface area contributed by atoms with E-state index in [4.69, 9.17) is 10.3 Å². The van der Waals surface area contributed by atoms with E-state index in [1.54, 1.807) is 0 Å². The van der Waals surface area contributed by atoms with Gasteiger partial charge in [-0.05, 0) is 26.2 Å². The largest absolute Gasteiger partial charge is 0.337 e. The molecule has 4 nitrogen and oxygen atoms in total. The van der Waals surface area contributed by atoms with Crippen LogP contribution in [-0.2, 0) is 5.54 Å². The monoisotopic (exact) mass is 209 g/mol. The highest BCUT2D eigenvalue weighted by Crippen LogP contribution is 2.33. The van der Waals surface area contributed by atoms with Crippen molar-refractivity contribution in [3.05, 3.63) is 11.7 Å². The van der Waals surface area contributed by atoms with Crippen LogP contribution in [-0.4, -0.2) is 10.1 Å². The van der Waals surface area contributed by atoms with Crippen molar-refractivity contribution in [2.45, 2.75) is 57.4 Å². The number of nitrogens with two attached hydrogens (primary N) is 1. The summed E-state index contributed by atoms with van der Waals surface area (Å²) in [7, 11) is 0. The lowest BCUT2D eigenvalue weighted by Gasteiger charge is -2.16. The minimum Gasteiger partial charge on any atom is -0.337 e. The smallest absolute Gasteiger partial charge is 0.246 e. The van der Waals surface area contributed by atoms with E-state index in [0.717, 1.165) is 12.2 Å². The van der Waals surface area contributed by atoms with Crippen molar-refractivity contribution in [2.24, 2.45) is 5.73 Å². The average Bonchev–Trinajstić information content (AvgIpc) is 2.88. The summed E-state index contributed by atoms with van der Waals surface area (Å²) in [5.74, 6) is 1.93. The maximum atomic E-state index is 6.05. The highest BCUT2D eigenvalue weighted by molar-refractivity contribution is 5.03. The van der Waals surface area contributed by atoms with E-state index in [0.29, 0.717) is 11.8 Å². The van der Waals surface area contributed by atoms with E-state index in [-0.39, 0.29) is 0 Å². The van der Waals surface area contributed by atoms with Gasteiger partial charge in [0.15, 0.2) is 5.82 Å². The lowest BCUT2D eigenvalue weighted by atomic mass is 10.0. The van der Waals surface area contributed by atoms with Gasteiger partial charge in [-0.3, -0.25) is 0 Å². The summed E-state index contributed by atoms with van der Waals surface area (Å²) in [4.78, 5) is 4.43. The molecular formula is C11H19N3O. The van der Waals surface area contributed by atoms with Crippen molar-refractivity contribution in [1.29, 1.82) is 0 Å². The van der Waals surface area contributed by atoms with Gasteiger partial charge in [0, 0.05) is 5.92 Å². The molecule has 0 amide bonds. The molecule has 0 radical (unpaired) electrons. The second kappa shape index (κ2) is 3.93. The molecular weight excluding hydrogens is 190 g/mol. The zero-order valence-corrected chi connectivity index (χ0v) is 9.49. The first-order valence-electron chi connectivity index (χ1n) is 5.76. The Morgan fingerprint density at radius 3 is 2.73 bits per heavy atom. The van der Waals surface area contributed by atoms with E-state index in [1.165, 1.54) is 25.7 Å². The number of aromatic nitrogens is 2. The summed E-state index contributed by atoms with van der Waals surface area (Å²) in [5.41, 5.74) is 5.57. The summed E-state index contributed by atoms with van der Waals surface area (Å²) in [5, 5.41) is 4.05. The molecule has 2 N–H and O–H groups in total. The van der Waals surface area contributed by atoms with Crippen LogP contribution in [0.5, 0.6) is 0 Å². The van der Waals surface area contributed by atoms with Crippen LogP contribution in [0.4, 0.5) is 0 Å². The molecule has 84 valence electrons. The first kappa shape index (κ1) is 10.6. The Balaban J connectivity index is 2.16. The van der Waals surface area contributed by atoms with Gasteiger partial charge < -0.3 is 10.3 Å². The SMILES string of the molecule is CCC(C)(N)c1nc(C2CCCC2)no1. The van der Waals surface area contributed by atoms with Gasteiger partial charge in [-0.15, -0.1) is 0 Å². The molecule has 0 aromatic carbocycles. The third-order valence-electron chi connectivity index (χ3n) is 3.39. The van der Waals surface area contributed by atoms with E-state index in [9.17, 15) is 0 Å². The van der Waals surface area contributed by atoms with Gasteiger partial charge in [-0.2, -0.15) is 4.98 Å². The lowest BCUT2D eigenvalue weighted by molar-refractivity contribution is 0.289. The molecule has 1 unspecified atom stereocenters. The number of nitrogens with zero attached hydrogens (tertiary/aromatic N) is 2. The first-order valence-corrected chi connectivity index (χ1v) is 5.76. The van der Waals surface area contributed by atoms with Gasteiger partial charge in [-0.25, -0.2) is 0 Å². The number of hydrogen-bond donors (Lipinski definition) is 1. The average molecular weight is 209 g/mol. The van der Waals surface area contributed by atoms with Gasteiger partial charge >= 0.3 is 0 Å². The van der Waals surface area contributed by atoms with Crippen LogP contribution in [0.2, 0.25) is 0 Å². The summed E-state index contributed by atoms with van der Waals surface area (Å²) >= 11 is 0. The molecule has 4 heteroatoms. The Hall–Kier alpha value is -0.900. The van der Waals surface area contributed by atoms with Crippen molar-refractivity contribution in [3.63, 3.8) is 0 Å². The Kier molecular flexibility index (Phi) is 2.78. The minimum atomic E-state index is -0.482. The third-order valence-corrected chi connectivity index (χ3v) is 3.39. The van der Waals surface area contributed by atoms with Crippen LogP contribution in [0.25, 0.3) is 0 Å². The second-order valence-corrected chi connectivity index (χ2v) is 4.71. The molecule has 2 rings (SSSR count). The van der Waals surface area contributed by atoms with Gasteiger partial charge in [-0.1, -0.05) is 24.9 Å². The van der Waals surface area contributed by atoms with Crippen LogP contribution in [0.15, 0.2) is 4.52 Å². The standard InChI is InChI=1S/C11H19N3O/c1-3-11(2,12)10-13-9(14-15-10)8-6-4-5-7-8/h8H,3-7,12H2,1-2H3. The van der Waals surface area contributed by atoms with Crippen LogP contribution >= 0.6 is 0 Å². The highest BCUT2D eigenvalue weighted by atomic mass is 16.5. The maximum Gasteiger partial charge on any atom is 0.246 e.